The molecule has 3 rings (SSSR count). The van der Waals surface area contributed by atoms with Gasteiger partial charge in [-0.15, -0.1) is 10.2 Å². The van der Waals surface area contributed by atoms with E-state index in [2.05, 4.69) is 10.2 Å². The van der Waals surface area contributed by atoms with E-state index in [9.17, 15) is 4.79 Å². The van der Waals surface area contributed by atoms with Crippen molar-refractivity contribution in [3.8, 4) is 0 Å². The second-order valence-electron chi connectivity index (χ2n) is 4.29. The lowest BCUT2D eigenvalue weighted by Crippen LogP contribution is -2.01. The molecule has 0 aliphatic carbocycles. The Labute approximate surface area is 123 Å². The topological polar surface area (TPSA) is 73.8 Å². The average molecular weight is 304 g/mol. The van der Waals surface area contributed by atoms with Crippen LogP contribution in [0.1, 0.15) is 10.4 Å². The van der Waals surface area contributed by atoms with Gasteiger partial charge < -0.3 is 10.3 Å². The first-order chi connectivity index (χ1) is 9.65. The van der Waals surface area contributed by atoms with E-state index >= 15 is 0 Å². The second kappa shape index (κ2) is 5.26. The highest BCUT2D eigenvalue weighted by Gasteiger charge is 2.14. The van der Waals surface area contributed by atoms with Crippen LogP contribution in [0.2, 0.25) is 0 Å². The van der Waals surface area contributed by atoms with E-state index in [1.54, 1.807) is 0 Å². The summed E-state index contributed by atoms with van der Waals surface area (Å²) in [6.45, 7) is 0. The Hall–Kier alpha value is -1.86. The molecule has 20 heavy (non-hydrogen) atoms. The van der Waals surface area contributed by atoms with E-state index in [4.69, 9.17) is 5.73 Å². The highest BCUT2D eigenvalue weighted by molar-refractivity contribution is 8.01. The van der Waals surface area contributed by atoms with Crippen LogP contribution >= 0.6 is 23.1 Å². The summed E-state index contributed by atoms with van der Waals surface area (Å²) in [4.78, 5) is 12.3. The number of Topliss-reactive ketones (excluding diaryl/α,β-unsaturated/α-hetero) is 1. The number of fused-ring (bicyclic) bond motifs is 1. The summed E-state index contributed by atoms with van der Waals surface area (Å²) in [5.74, 6) is 0.420. The van der Waals surface area contributed by atoms with E-state index in [-0.39, 0.29) is 5.78 Å². The Morgan fingerprint density at radius 1 is 1.40 bits per heavy atom. The minimum atomic E-state index is 0.0839. The zero-order chi connectivity index (χ0) is 14.1. The molecular formula is C13H12N4OS2. The van der Waals surface area contributed by atoms with Crippen LogP contribution in [0.4, 0.5) is 5.13 Å². The number of nitrogens with zero attached hydrogens (tertiary/aromatic N) is 3. The molecule has 0 unspecified atom stereocenters. The Balaban J connectivity index is 1.82. The summed E-state index contributed by atoms with van der Waals surface area (Å²) >= 11 is 2.66. The van der Waals surface area contributed by atoms with E-state index in [0.29, 0.717) is 10.9 Å². The minimum Gasteiger partial charge on any atom is -0.374 e. The van der Waals surface area contributed by atoms with Crippen LogP contribution < -0.4 is 5.73 Å². The maximum absolute atomic E-state index is 12.3. The summed E-state index contributed by atoms with van der Waals surface area (Å²) in [7, 11) is 1.94. The van der Waals surface area contributed by atoms with Crippen LogP contribution in [0.25, 0.3) is 10.9 Å². The van der Waals surface area contributed by atoms with Gasteiger partial charge in [0.2, 0.25) is 5.13 Å². The van der Waals surface area contributed by atoms with Gasteiger partial charge in [-0.25, -0.2) is 0 Å². The van der Waals surface area contributed by atoms with Gasteiger partial charge in [0.25, 0.3) is 0 Å². The van der Waals surface area contributed by atoms with Crippen LogP contribution in [-0.2, 0) is 7.05 Å². The molecule has 0 aliphatic heterocycles. The molecule has 5 nitrogen and oxygen atoms in total. The van der Waals surface area contributed by atoms with Crippen molar-refractivity contribution in [2.75, 3.05) is 11.5 Å². The average Bonchev–Trinajstić information content (AvgIpc) is 3.01. The number of thioether (sulfide) groups is 1. The normalized spacial score (nSPS) is 11.1. The van der Waals surface area contributed by atoms with Gasteiger partial charge in [-0.2, -0.15) is 0 Å². The summed E-state index contributed by atoms with van der Waals surface area (Å²) in [5.41, 5.74) is 7.32. The van der Waals surface area contributed by atoms with Crippen molar-refractivity contribution in [3.05, 3.63) is 36.0 Å². The minimum absolute atomic E-state index is 0.0839. The number of rotatable bonds is 4. The van der Waals surface area contributed by atoms with Crippen LogP contribution in [0.5, 0.6) is 0 Å². The fourth-order valence-corrected chi connectivity index (χ4v) is 3.57. The molecule has 1 aromatic carbocycles. The first-order valence-electron chi connectivity index (χ1n) is 5.94. The Kier molecular flexibility index (Phi) is 3.45. The number of para-hydroxylation sites is 1. The van der Waals surface area contributed by atoms with Gasteiger partial charge >= 0.3 is 0 Å². The Morgan fingerprint density at radius 2 is 2.20 bits per heavy atom. The lowest BCUT2D eigenvalue weighted by molar-refractivity contribution is 0.102. The third-order valence-electron chi connectivity index (χ3n) is 2.95. The van der Waals surface area contributed by atoms with Gasteiger partial charge in [0.1, 0.15) is 0 Å². The van der Waals surface area contributed by atoms with E-state index in [1.807, 2.05) is 42.1 Å². The number of nitrogens with two attached hydrogens (primary N) is 1. The van der Waals surface area contributed by atoms with Crippen molar-refractivity contribution < 1.29 is 4.79 Å². The predicted molar refractivity (Wildman–Crippen MR) is 82.3 cm³/mol. The van der Waals surface area contributed by atoms with Crippen LogP contribution in [-0.4, -0.2) is 26.3 Å². The molecule has 2 N–H and O–H groups in total. The zero-order valence-corrected chi connectivity index (χ0v) is 12.4. The fraction of sp³-hybridized carbons (Fsp3) is 0.154. The van der Waals surface area contributed by atoms with Gasteiger partial charge in [-0.1, -0.05) is 41.3 Å². The molecule has 2 aromatic heterocycles. The first-order valence-corrected chi connectivity index (χ1v) is 7.74. The van der Waals surface area contributed by atoms with Crippen molar-refractivity contribution in [2.45, 2.75) is 4.34 Å². The Morgan fingerprint density at radius 3 is 2.95 bits per heavy atom. The number of aromatic nitrogens is 3. The summed E-state index contributed by atoms with van der Waals surface area (Å²) < 4.78 is 2.69. The molecule has 0 amide bonds. The molecule has 7 heteroatoms. The number of benzene rings is 1. The standard InChI is InChI=1S/C13H12N4OS2/c1-17-6-9(8-4-2-3-5-10(8)17)11(18)7-19-13-16-15-12(14)20-13/h2-6H,7H2,1H3,(H2,14,15). The van der Waals surface area contributed by atoms with Crippen molar-refractivity contribution in [2.24, 2.45) is 7.05 Å². The molecule has 0 bridgehead atoms. The smallest absolute Gasteiger partial charge is 0.203 e. The van der Waals surface area contributed by atoms with Crippen molar-refractivity contribution in [1.29, 1.82) is 0 Å². The third-order valence-corrected chi connectivity index (χ3v) is 4.83. The number of nitrogen functional groups attached to an aromatic ring is 1. The zero-order valence-electron chi connectivity index (χ0n) is 10.7. The quantitative estimate of drug-likeness (QED) is 0.592. The SMILES string of the molecule is Cn1cc(C(=O)CSc2nnc(N)s2)c2ccccc21. The molecule has 0 saturated carbocycles. The monoisotopic (exact) mass is 304 g/mol. The van der Waals surface area contributed by atoms with E-state index in [0.717, 1.165) is 20.8 Å². The van der Waals surface area contributed by atoms with Gasteiger partial charge in [0.15, 0.2) is 10.1 Å². The summed E-state index contributed by atoms with van der Waals surface area (Å²) in [6.07, 6.45) is 1.88. The van der Waals surface area contributed by atoms with Crippen molar-refractivity contribution in [3.63, 3.8) is 0 Å². The second-order valence-corrected chi connectivity index (χ2v) is 6.52. The molecule has 0 aliphatic rings. The first kappa shape index (κ1) is 13.1. The highest BCUT2D eigenvalue weighted by atomic mass is 32.2. The van der Waals surface area contributed by atoms with Crippen LogP contribution in [0.3, 0.4) is 0 Å². The number of anilines is 1. The van der Waals surface area contributed by atoms with Crippen molar-refractivity contribution >= 4 is 44.9 Å². The van der Waals surface area contributed by atoms with Crippen molar-refractivity contribution in [1.82, 2.24) is 14.8 Å². The van der Waals surface area contributed by atoms with Gasteiger partial charge in [0, 0.05) is 29.7 Å². The molecule has 3 aromatic rings. The number of hydrogen-bond acceptors (Lipinski definition) is 6. The van der Waals surface area contributed by atoms with Gasteiger partial charge in [-0.05, 0) is 6.07 Å². The number of aryl methyl sites for hydroxylation is 1. The molecule has 2 heterocycles. The number of carbonyl (C=O) groups is 1. The van der Waals surface area contributed by atoms with Crippen LogP contribution in [0, 0.1) is 0 Å². The molecule has 0 radical (unpaired) electrons. The summed E-state index contributed by atoms with van der Waals surface area (Å²) in [5, 5.41) is 9.03. The molecule has 0 atom stereocenters. The maximum Gasteiger partial charge on any atom is 0.203 e. The third kappa shape index (κ3) is 2.41. The summed E-state index contributed by atoms with van der Waals surface area (Å²) in [6, 6.07) is 7.88. The van der Waals surface area contributed by atoms with Gasteiger partial charge in [0.05, 0.1) is 5.75 Å². The van der Waals surface area contributed by atoms with E-state index < -0.39 is 0 Å². The molecular weight excluding hydrogens is 292 g/mol. The lowest BCUT2D eigenvalue weighted by Gasteiger charge is -1.97. The highest BCUT2D eigenvalue weighted by Crippen LogP contribution is 2.26. The fourth-order valence-electron chi connectivity index (χ4n) is 2.05. The molecule has 0 saturated heterocycles. The van der Waals surface area contributed by atoms with Crippen LogP contribution in [0.15, 0.2) is 34.8 Å². The largest absolute Gasteiger partial charge is 0.374 e. The lowest BCUT2D eigenvalue weighted by atomic mass is 10.1. The predicted octanol–water partition coefficient (Wildman–Crippen LogP) is 2.59. The molecule has 102 valence electrons. The maximum atomic E-state index is 12.3. The Bertz CT molecular complexity index is 778. The number of carbonyl (C=O) groups excluding carboxylic acids is 1. The number of hydrogen-bond donors (Lipinski definition) is 1. The van der Waals surface area contributed by atoms with Gasteiger partial charge in [-0.3, -0.25) is 4.79 Å². The number of ketones is 1. The van der Waals surface area contributed by atoms with E-state index in [1.165, 1.54) is 23.1 Å². The molecule has 0 fully saturated rings. The molecule has 0 spiro atoms.